The fourth-order valence-corrected chi connectivity index (χ4v) is 3.19. The molecule has 23 heavy (non-hydrogen) atoms. The zero-order valence-electron chi connectivity index (χ0n) is 12.3. The number of aromatic nitrogens is 3. The molecule has 3 aromatic heterocycles. The molecule has 0 N–H and O–H groups in total. The first-order chi connectivity index (χ1) is 11.4. The van der Waals surface area contributed by atoms with E-state index in [0.29, 0.717) is 0 Å². The third-order valence-electron chi connectivity index (χ3n) is 4.25. The van der Waals surface area contributed by atoms with Crippen LogP contribution in [0.15, 0.2) is 79.0 Å². The van der Waals surface area contributed by atoms with Gasteiger partial charge in [0.1, 0.15) is 0 Å². The molecule has 0 spiro atoms. The van der Waals surface area contributed by atoms with Crippen molar-refractivity contribution in [2.24, 2.45) is 0 Å². The maximum atomic E-state index is 4.84. The summed E-state index contributed by atoms with van der Waals surface area (Å²) >= 11 is 0. The maximum absolute atomic E-state index is 4.84. The Morgan fingerprint density at radius 3 is 2.35 bits per heavy atom. The van der Waals surface area contributed by atoms with Gasteiger partial charge in [0.15, 0.2) is 0 Å². The quantitative estimate of drug-likeness (QED) is 0.419. The number of nitrogens with zero attached hydrogens (tertiary/aromatic N) is 3. The molecule has 0 amide bonds. The molecule has 0 atom stereocenters. The van der Waals surface area contributed by atoms with E-state index in [1.165, 1.54) is 5.39 Å². The highest BCUT2D eigenvalue weighted by Gasteiger charge is 2.12. The summed E-state index contributed by atoms with van der Waals surface area (Å²) in [6.45, 7) is 0. The fraction of sp³-hybridized carbons (Fsp3) is 0. The van der Waals surface area contributed by atoms with Gasteiger partial charge in [-0.1, -0.05) is 54.6 Å². The molecule has 0 aliphatic heterocycles. The summed E-state index contributed by atoms with van der Waals surface area (Å²) in [5.41, 5.74) is 5.23. The van der Waals surface area contributed by atoms with Gasteiger partial charge in [0.2, 0.25) is 0 Å². The van der Waals surface area contributed by atoms with Crippen molar-refractivity contribution in [3.05, 3.63) is 79.0 Å². The summed E-state index contributed by atoms with van der Waals surface area (Å²) < 4.78 is 2.01. The van der Waals surface area contributed by atoms with Gasteiger partial charge in [-0.05, 0) is 18.2 Å². The van der Waals surface area contributed by atoms with Crippen LogP contribution < -0.4 is 0 Å². The topological polar surface area (TPSA) is 30.2 Å². The fourth-order valence-electron chi connectivity index (χ4n) is 3.19. The number of rotatable bonds is 1. The summed E-state index contributed by atoms with van der Waals surface area (Å²) in [5.74, 6) is 0. The molecule has 3 heteroatoms. The minimum absolute atomic E-state index is 0.979. The Kier molecular flexibility index (Phi) is 2.50. The molecule has 0 saturated carbocycles. The van der Waals surface area contributed by atoms with Crippen molar-refractivity contribution in [3.63, 3.8) is 0 Å². The molecule has 5 rings (SSSR count). The maximum Gasteiger partial charge on any atom is 0.0966 e. The van der Waals surface area contributed by atoms with Crippen LogP contribution in [0.3, 0.4) is 0 Å². The number of pyridine rings is 2. The van der Waals surface area contributed by atoms with Gasteiger partial charge in [-0.15, -0.1) is 0 Å². The van der Waals surface area contributed by atoms with Crippen LogP contribution in [0, 0.1) is 0 Å². The Balaban J connectivity index is 1.99. The van der Waals surface area contributed by atoms with E-state index in [9.17, 15) is 0 Å². The Hall–Kier alpha value is -3.20. The molecular formula is C20H13N3. The van der Waals surface area contributed by atoms with E-state index in [1.54, 1.807) is 0 Å². The van der Waals surface area contributed by atoms with E-state index in [-0.39, 0.29) is 0 Å². The molecule has 5 aromatic rings. The lowest BCUT2D eigenvalue weighted by atomic mass is 10.1. The Labute approximate surface area is 132 Å². The Morgan fingerprint density at radius 1 is 0.696 bits per heavy atom. The number of fused-ring (bicyclic) bond motifs is 6. The largest absolute Gasteiger partial charge is 0.254 e. The van der Waals surface area contributed by atoms with Crippen molar-refractivity contribution in [2.75, 3.05) is 0 Å². The lowest BCUT2D eigenvalue weighted by molar-refractivity contribution is 1.01. The molecule has 2 aromatic carbocycles. The van der Waals surface area contributed by atoms with Crippen LogP contribution in [0.2, 0.25) is 0 Å². The zero-order chi connectivity index (χ0) is 15.2. The standard InChI is InChI=1S/C20H13N3/c1-2-7-14(8-3-1)17-13-19-15-9-4-5-10-16(15)20-18(23(19)22-17)11-6-12-21-20/h1-13H. The molecule has 0 aliphatic rings. The van der Waals surface area contributed by atoms with E-state index in [0.717, 1.165) is 33.2 Å². The first-order valence-electron chi connectivity index (χ1n) is 7.62. The average molecular weight is 295 g/mol. The van der Waals surface area contributed by atoms with Crippen LogP contribution in [0.4, 0.5) is 0 Å². The van der Waals surface area contributed by atoms with Gasteiger partial charge in [-0.3, -0.25) is 4.98 Å². The molecule has 0 fully saturated rings. The van der Waals surface area contributed by atoms with Crippen LogP contribution >= 0.6 is 0 Å². The van der Waals surface area contributed by atoms with Gasteiger partial charge in [0.05, 0.1) is 22.2 Å². The number of hydrogen-bond acceptors (Lipinski definition) is 2. The third-order valence-corrected chi connectivity index (χ3v) is 4.25. The monoisotopic (exact) mass is 295 g/mol. The van der Waals surface area contributed by atoms with Gasteiger partial charge in [-0.2, -0.15) is 5.10 Å². The van der Waals surface area contributed by atoms with Gasteiger partial charge < -0.3 is 0 Å². The highest BCUT2D eigenvalue weighted by Crippen LogP contribution is 2.30. The third kappa shape index (κ3) is 1.77. The summed E-state index contributed by atoms with van der Waals surface area (Å²) in [5, 5.41) is 7.17. The lowest BCUT2D eigenvalue weighted by Crippen LogP contribution is -1.94. The SMILES string of the molecule is c1ccc(-c2cc3c4ccccc4c4ncccc4n3n2)cc1. The van der Waals surface area contributed by atoms with E-state index in [4.69, 9.17) is 5.10 Å². The van der Waals surface area contributed by atoms with E-state index in [2.05, 4.69) is 53.5 Å². The minimum atomic E-state index is 0.979. The first kappa shape index (κ1) is 12.4. The predicted octanol–water partition coefficient (Wildman–Crippen LogP) is 4.70. The number of hydrogen-bond donors (Lipinski definition) is 0. The summed E-state index contributed by atoms with van der Waals surface area (Å²) in [4.78, 5) is 4.58. The van der Waals surface area contributed by atoms with E-state index >= 15 is 0 Å². The first-order valence-corrected chi connectivity index (χ1v) is 7.62. The van der Waals surface area contributed by atoms with Crippen LogP contribution in [0.5, 0.6) is 0 Å². The average Bonchev–Trinajstić information content (AvgIpc) is 3.09. The van der Waals surface area contributed by atoms with E-state index in [1.807, 2.05) is 35.0 Å². The smallest absolute Gasteiger partial charge is 0.0966 e. The van der Waals surface area contributed by atoms with Gasteiger partial charge in [0, 0.05) is 22.5 Å². The van der Waals surface area contributed by atoms with Crippen LogP contribution in [0.25, 0.3) is 38.6 Å². The van der Waals surface area contributed by atoms with Gasteiger partial charge in [0.25, 0.3) is 0 Å². The van der Waals surface area contributed by atoms with Crippen LogP contribution in [0.1, 0.15) is 0 Å². The molecule has 3 nitrogen and oxygen atoms in total. The summed E-state index contributed by atoms with van der Waals surface area (Å²) in [6, 6.07) is 24.8. The number of benzene rings is 2. The van der Waals surface area contributed by atoms with Crippen molar-refractivity contribution in [2.45, 2.75) is 0 Å². The van der Waals surface area contributed by atoms with Crippen molar-refractivity contribution in [1.82, 2.24) is 14.6 Å². The summed E-state index contributed by atoms with van der Waals surface area (Å²) in [6.07, 6.45) is 1.84. The van der Waals surface area contributed by atoms with Gasteiger partial charge >= 0.3 is 0 Å². The Bertz CT molecular complexity index is 1080. The van der Waals surface area contributed by atoms with E-state index < -0.39 is 0 Å². The minimum Gasteiger partial charge on any atom is -0.254 e. The molecule has 0 saturated heterocycles. The second-order valence-electron chi connectivity index (χ2n) is 5.61. The molecule has 0 aliphatic carbocycles. The lowest BCUT2D eigenvalue weighted by Gasteiger charge is -2.06. The highest BCUT2D eigenvalue weighted by molar-refractivity contribution is 6.11. The second kappa shape index (κ2) is 4.65. The van der Waals surface area contributed by atoms with Crippen molar-refractivity contribution < 1.29 is 0 Å². The zero-order valence-corrected chi connectivity index (χ0v) is 12.3. The molecule has 108 valence electrons. The highest BCUT2D eigenvalue weighted by atomic mass is 15.2. The van der Waals surface area contributed by atoms with Crippen molar-refractivity contribution >= 4 is 27.3 Å². The molecule has 0 radical (unpaired) electrons. The van der Waals surface area contributed by atoms with Crippen molar-refractivity contribution in [1.29, 1.82) is 0 Å². The normalized spacial score (nSPS) is 11.5. The molecular weight excluding hydrogens is 282 g/mol. The molecule has 0 unspecified atom stereocenters. The van der Waals surface area contributed by atoms with Crippen molar-refractivity contribution in [3.8, 4) is 11.3 Å². The molecule has 0 bridgehead atoms. The second-order valence-corrected chi connectivity index (χ2v) is 5.61. The Morgan fingerprint density at radius 2 is 1.48 bits per heavy atom. The van der Waals surface area contributed by atoms with Gasteiger partial charge in [-0.25, -0.2) is 4.52 Å². The summed E-state index contributed by atoms with van der Waals surface area (Å²) in [7, 11) is 0. The molecule has 3 heterocycles. The van der Waals surface area contributed by atoms with Crippen LogP contribution in [-0.2, 0) is 0 Å². The predicted molar refractivity (Wildman–Crippen MR) is 93.4 cm³/mol. The van der Waals surface area contributed by atoms with Crippen LogP contribution in [-0.4, -0.2) is 14.6 Å².